The van der Waals surface area contributed by atoms with Crippen molar-refractivity contribution < 1.29 is 4.79 Å². The van der Waals surface area contributed by atoms with Crippen molar-refractivity contribution >= 4 is 28.8 Å². The van der Waals surface area contributed by atoms with Crippen LogP contribution in [0.4, 0.5) is 5.69 Å². The van der Waals surface area contributed by atoms with Crippen molar-refractivity contribution in [1.29, 1.82) is 0 Å². The minimum absolute atomic E-state index is 0.297. The summed E-state index contributed by atoms with van der Waals surface area (Å²) in [6, 6.07) is 4.10. The molecule has 0 aliphatic heterocycles. The van der Waals surface area contributed by atoms with Crippen molar-refractivity contribution in [2.75, 3.05) is 18.4 Å². The molecule has 0 aromatic heterocycles. The van der Waals surface area contributed by atoms with E-state index in [2.05, 4.69) is 30.1 Å². The van der Waals surface area contributed by atoms with Crippen molar-refractivity contribution in [2.45, 2.75) is 66.2 Å². The van der Waals surface area contributed by atoms with Gasteiger partial charge in [0.05, 0.1) is 0 Å². The number of carbonyl (C=O) groups is 1. The van der Waals surface area contributed by atoms with Gasteiger partial charge in [-0.2, -0.15) is 0 Å². The van der Waals surface area contributed by atoms with E-state index in [9.17, 15) is 4.79 Å². The molecule has 4 heteroatoms. The van der Waals surface area contributed by atoms with Crippen LogP contribution < -0.4 is 5.32 Å². The lowest BCUT2D eigenvalue weighted by Crippen LogP contribution is -2.34. The van der Waals surface area contributed by atoms with E-state index < -0.39 is 0 Å². The predicted molar refractivity (Wildman–Crippen MR) is 111 cm³/mol. The lowest BCUT2D eigenvalue weighted by Gasteiger charge is -2.24. The van der Waals surface area contributed by atoms with E-state index in [0.29, 0.717) is 18.1 Å². The predicted octanol–water partition coefficient (Wildman–Crippen LogP) is 5.50. The molecule has 1 fully saturated rings. The molecule has 0 amide bonds. The highest BCUT2D eigenvalue weighted by Gasteiger charge is 2.20. The molecule has 138 valence electrons. The summed E-state index contributed by atoms with van der Waals surface area (Å²) < 4.78 is 0. The summed E-state index contributed by atoms with van der Waals surface area (Å²) in [4.78, 5) is 14.9. The third-order valence-corrected chi connectivity index (χ3v) is 5.72. The Labute approximate surface area is 158 Å². The van der Waals surface area contributed by atoms with Crippen molar-refractivity contribution in [3.63, 3.8) is 0 Å². The largest absolute Gasteiger partial charge is 0.350 e. The van der Waals surface area contributed by atoms with E-state index in [4.69, 9.17) is 12.2 Å². The molecule has 0 unspecified atom stereocenters. The summed E-state index contributed by atoms with van der Waals surface area (Å²) in [5.74, 6) is 0.874. The number of carbonyl (C=O) groups excluding carboxylic acids is 1. The Morgan fingerprint density at radius 3 is 2.36 bits per heavy atom. The zero-order valence-electron chi connectivity index (χ0n) is 16.2. The molecule has 2 rings (SSSR count). The van der Waals surface area contributed by atoms with Gasteiger partial charge in [0, 0.05) is 30.8 Å². The molecule has 1 aliphatic carbocycles. The van der Waals surface area contributed by atoms with Crippen LogP contribution in [-0.2, 0) is 0 Å². The van der Waals surface area contributed by atoms with Crippen LogP contribution in [-0.4, -0.2) is 28.9 Å². The van der Waals surface area contributed by atoms with Crippen LogP contribution >= 0.6 is 12.2 Å². The highest BCUT2D eigenvalue weighted by Crippen LogP contribution is 2.29. The molecule has 1 aromatic carbocycles. The minimum atomic E-state index is 0.297. The molecule has 3 nitrogen and oxygen atoms in total. The molecule has 0 saturated heterocycles. The van der Waals surface area contributed by atoms with E-state index in [1.807, 2.05) is 19.9 Å². The molecular formula is C21H32N2OS. The van der Waals surface area contributed by atoms with Gasteiger partial charge in [0.25, 0.3) is 0 Å². The quantitative estimate of drug-likeness (QED) is 0.536. The number of thiocarbonyl (C=S) groups is 1. The fourth-order valence-corrected chi connectivity index (χ4v) is 4.09. The highest BCUT2D eigenvalue weighted by molar-refractivity contribution is 7.80. The second kappa shape index (κ2) is 9.33. The maximum atomic E-state index is 12.8. The number of rotatable bonds is 6. The Kier molecular flexibility index (Phi) is 7.42. The summed E-state index contributed by atoms with van der Waals surface area (Å²) in [6.07, 6.45) is 7.01. The van der Waals surface area contributed by atoms with Crippen LogP contribution in [0.5, 0.6) is 0 Å². The van der Waals surface area contributed by atoms with Crippen LogP contribution in [0.25, 0.3) is 0 Å². The molecule has 0 heterocycles. The maximum Gasteiger partial charge on any atom is 0.173 e. The first kappa shape index (κ1) is 19.9. The summed E-state index contributed by atoms with van der Waals surface area (Å²) in [7, 11) is 0. The Bertz CT molecular complexity index is 617. The Balaban J connectivity index is 2.10. The second-order valence-electron chi connectivity index (χ2n) is 7.22. The van der Waals surface area contributed by atoms with Gasteiger partial charge in [-0.3, -0.25) is 4.79 Å². The van der Waals surface area contributed by atoms with Gasteiger partial charge in [0.15, 0.2) is 10.9 Å². The lowest BCUT2D eigenvalue weighted by atomic mass is 9.84. The van der Waals surface area contributed by atoms with Crippen molar-refractivity contribution in [3.05, 3.63) is 28.8 Å². The zero-order chi connectivity index (χ0) is 18.4. The number of Topliss-reactive ketones (excluding diaryl/α,β-unsaturated/α-hetero) is 1. The molecule has 0 bridgehead atoms. The third-order valence-electron chi connectivity index (χ3n) is 5.36. The summed E-state index contributed by atoms with van der Waals surface area (Å²) in [5.41, 5.74) is 3.99. The van der Waals surface area contributed by atoms with E-state index in [1.54, 1.807) is 0 Å². The van der Waals surface area contributed by atoms with Crippen LogP contribution in [0.15, 0.2) is 12.1 Å². The summed E-state index contributed by atoms with van der Waals surface area (Å²) in [6.45, 7) is 10.0. The van der Waals surface area contributed by atoms with Gasteiger partial charge >= 0.3 is 0 Å². The molecular weight excluding hydrogens is 328 g/mol. The SMILES string of the molecule is CCN(CC)C(=S)Nc1cc(C)c(C(=O)CC2CCCCC2)cc1C. The van der Waals surface area contributed by atoms with Crippen LogP contribution in [0.3, 0.4) is 0 Å². The maximum absolute atomic E-state index is 12.8. The summed E-state index contributed by atoms with van der Waals surface area (Å²) in [5, 5.41) is 4.09. The number of hydrogen-bond donors (Lipinski definition) is 1. The van der Waals surface area contributed by atoms with Crippen LogP contribution in [0.1, 0.15) is 73.9 Å². The number of nitrogens with one attached hydrogen (secondary N) is 1. The minimum Gasteiger partial charge on any atom is -0.350 e. The highest BCUT2D eigenvalue weighted by atomic mass is 32.1. The molecule has 25 heavy (non-hydrogen) atoms. The monoisotopic (exact) mass is 360 g/mol. The first-order valence-corrected chi connectivity index (χ1v) is 10.1. The number of ketones is 1. The Morgan fingerprint density at radius 1 is 1.12 bits per heavy atom. The average molecular weight is 361 g/mol. The summed E-state index contributed by atoms with van der Waals surface area (Å²) >= 11 is 5.50. The molecule has 1 N–H and O–H groups in total. The Morgan fingerprint density at radius 2 is 1.76 bits per heavy atom. The lowest BCUT2D eigenvalue weighted by molar-refractivity contribution is 0.0949. The van der Waals surface area contributed by atoms with Gasteiger partial charge in [0.1, 0.15) is 0 Å². The number of nitrogens with zero attached hydrogens (tertiary/aromatic N) is 1. The molecule has 1 aromatic rings. The topological polar surface area (TPSA) is 32.3 Å². The number of anilines is 1. The van der Waals surface area contributed by atoms with Gasteiger partial charge in [-0.1, -0.05) is 32.1 Å². The van der Waals surface area contributed by atoms with Crippen LogP contribution in [0.2, 0.25) is 0 Å². The van der Waals surface area contributed by atoms with Gasteiger partial charge in [-0.25, -0.2) is 0 Å². The van der Waals surface area contributed by atoms with Crippen LogP contribution in [0, 0.1) is 19.8 Å². The average Bonchev–Trinajstić information content (AvgIpc) is 2.59. The van der Waals surface area contributed by atoms with E-state index >= 15 is 0 Å². The molecule has 0 radical (unpaired) electrons. The van der Waals surface area contributed by atoms with Gasteiger partial charge in [-0.15, -0.1) is 0 Å². The molecule has 0 atom stereocenters. The van der Waals surface area contributed by atoms with Crippen molar-refractivity contribution in [2.24, 2.45) is 5.92 Å². The number of benzene rings is 1. The normalized spacial score (nSPS) is 15.0. The van der Waals surface area contributed by atoms with E-state index in [-0.39, 0.29) is 0 Å². The number of aryl methyl sites for hydroxylation is 2. The second-order valence-corrected chi connectivity index (χ2v) is 7.60. The van der Waals surface area contributed by atoms with Crippen molar-refractivity contribution in [3.8, 4) is 0 Å². The first-order valence-electron chi connectivity index (χ1n) is 9.66. The molecule has 1 saturated carbocycles. The van der Waals surface area contributed by atoms with E-state index in [1.165, 1.54) is 32.1 Å². The van der Waals surface area contributed by atoms with Crippen molar-refractivity contribution in [1.82, 2.24) is 4.90 Å². The fraction of sp³-hybridized carbons (Fsp3) is 0.619. The zero-order valence-corrected chi connectivity index (χ0v) is 17.0. The third kappa shape index (κ3) is 5.27. The fourth-order valence-electron chi connectivity index (χ4n) is 3.72. The standard InChI is InChI=1S/C21H32N2OS/c1-5-23(6-2)21(25)22-19-13-15(3)18(12-16(19)4)20(24)14-17-10-8-7-9-11-17/h12-13,17H,5-11,14H2,1-4H3,(H,22,25). The van der Waals surface area contributed by atoms with Gasteiger partial charge < -0.3 is 10.2 Å². The Hall–Kier alpha value is -1.42. The smallest absolute Gasteiger partial charge is 0.173 e. The van der Waals surface area contributed by atoms with Gasteiger partial charge in [0.2, 0.25) is 0 Å². The molecule has 1 aliphatic rings. The van der Waals surface area contributed by atoms with E-state index in [0.717, 1.165) is 40.6 Å². The first-order chi connectivity index (χ1) is 12.0. The molecule has 0 spiro atoms. The number of hydrogen-bond acceptors (Lipinski definition) is 2. The van der Waals surface area contributed by atoms with Gasteiger partial charge in [-0.05, 0) is 69.1 Å².